The van der Waals surface area contributed by atoms with E-state index in [4.69, 9.17) is 9.47 Å². The van der Waals surface area contributed by atoms with Crippen molar-refractivity contribution in [2.75, 3.05) is 39.5 Å². The zero-order chi connectivity index (χ0) is 27.4. The van der Waals surface area contributed by atoms with Crippen molar-refractivity contribution in [2.24, 2.45) is 11.8 Å². The van der Waals surface area contributed by atoms with Crippen LogP contribution in [0.3, 0.4) is 0 Å². The molecule has 2 heterocycles. The minimum atomic E-state index is -1.76. The Bertz CT molecular complexity index is 1080. The van der Waals surface area contributed by atoms with Gasteiger partial charge in [-0.15, -0.1) is 0 Å². The third kappa shape index (κ3) is 6.74. The van der Waals surface area contributed by atoms with Crippen LogP contribution in [0.25, 0.3) is 0 Å². The number of nitriles is 1. The maximum atomic E-state index is 13.4. The van der Waals surface area contributed by atoms with Gasteiger partial charge < -0.3 is 29.7 Å². The highest BCUT2D eigenvalue weighted by molar-refractivity contribution is 6.43. The summed E-state index contributed by atoms with van der Waals surface area (Å²) in [4.78, 5) is 29.8. The van der Waals surface area contributed by atoms with Crippen LogP contribution < -0.4 is 5.32 Å². The molecule has 2 amide bonds. The van der Waals surface area contributed by atoms with Crippen molar-refractivity contribution in [3.05, 3.63) is 47.0 Å². The molecule has 0 aromatic heterocycles. The molecule has 2 saturated heterocycles. The topological polar surface area (TPSA) is 135 Å². The van der Waals surface area contributed by atoms with Gasteiger partial charge in [0.05, 0.1) is 25.2 Å². The first-order chi connectivity index (χ1) is 18.1. The molecule has 3 aliphatic rings. The highest BCUT2D eigenvalue weighted by atomic mass is 16.5. The van der Waals surface area contributed by atoms with Crippen LogP contribution in [-0.2, 0) is 20.7 Å². The van der Waals surface area contributed by atoms with E-state index in [1.54, 1.807) is 11.0 Å². The molecule has 10 nitrogen and oxygen atoms in total. The maximum Gasteiger partial charge on any atom is 0.475 e. The van der Waals surface area contributed by atoms with Crippen molar-refractivity contribution in [3.8, 4) is 6.07 Å². The SMILES string of the molecule is Cc1ccc(C[C@H](NC(=O)OC[C@H]2[C@H]3C[C@H]3CN2C(=O)/C(C#N)=C/C(C)(C)N2CCOCC2)B(O)O)cc1. The normalized spacial score (nSPS) is 24.3. The molecular weight excluding hydrogens is 487 g/mol. The van der Waals surface area contributed by atoms with E-state index in [0.717, 1.165) is 30.6 Å². The summed E-state index contributed by atoms with van der Waals surface area (Å²) >= 11 is 0. The quantitative estimate of drug-likeness (QED) is 0.248. The Morgan fingerprint density at radius 1 is 1.29 bits per heavy atom. The van der Waals surface area contributed by atoms with E-state index < -0.39 is 24.7 Å². The van der Waals surface area contributed by atoms with Crippen LogP contribution in [0.5, 0.6) is 0 Å². The molecule has 4 rings (SSSR count). The Hall–Kier alpha value is -2.91. The number of nitrogens with zero attached hydrogens (tertiary/aromatic N) is 3. The van der Waals surface area contributed by atoms with Gasteiger partial charge in [-0.1, -0.05) is 29.8 Å². The summed E-state index contributed by atoms with van der Waals surface area (Å²) in [6, 6.07) is 9.33. The number of benzene rings is 1. The van der Waals surface area contributed by atoms with Crippen molar-refractivity contribution in [1.29, 1.82) is 5.26 Å². The van der Waals surface area contributed by atoms with E-state index in [1.165, 1.54) is 0 Å². The number of carbonyl (C=O) groups is 2. The Morgan fingerprint density at radius 2 is 1.97 bits per heavy atom. The van der Waals surface area contributed by atoms with Crippen molar-refractivity contribution in [1.82, 2.24) is 15.1 Å². The van der Waals surface area contributed by atoms with E-state index in [2.05, 4.69) is 16.3 Å². The maximum absolute atomic E-state index is 13.4. The fraction of sp³-hybridized carbons (Fsp3) is 0.593. The summed E-state index contributed by atoms with van der Waals surface area (Å²) in [5.41, 5.74) is 1.52. The number of aryl methyl sites for hydroxylation is 1. The van der Waals surface area contributed by atoms with Gasteiger partial charge in [-0.3, -0.25) is 9.69 Å². The molecule has 1 aromatic rings. The molecule has 3 N–H and O–H groups in total. The second-order valence-electron chi connectivity index (χ2n) is 11.1. The van der Waals surface area contributed by atoms with Crippen molar-refractivity contribution in [3.63, 3.8) is 0 Å². The Morgan fingerprint density at radius 3 is 2.61 bits per heavy atom. The Labute approximate surface area is 224 Å². The predicted molar refractivity (Wildman–Crippen MR) is 141 cm³/mol. The summed E-state index contributed by atoms with van der Waals surface area (Å²) < 4.78 is 10.9. The Kier molecular flexibility index (Phi) is 8.78. The first kappa shape index (κ1) is 28.1. The molecule has 3 fully saturated rings. The van der Waals surface area contributed by atoms with E-state index in [-0.39, 0.29) is 36.5 Å². The molecule has 2 aliphatic heterocycles. The lowest BCUT2D eigenvalue weighted by molar-refractivity contribution is -0.129. The number of piperidine rings is 1. The lowest BCUT2D eigenvalue weighted by Crippen LogP contribution is -2.50. The summed E-state index contributed by atoms with van der Waals surface area (Å²) in [5.74, 6) is -0.726. The fourth-order valence-corrected chi connectivity index (χ4v) is 5.46. The number of likely N-dealkylation sites (tertiary alicyclic amines) is 1. The molecule has 11 heteroatoms. The summed E-state index contributed by atoms with van der Waals surface area (Å²) in [6.45, 7) is 9.11. The molecular formula is C27H37BN4O6. The van der Waals surface area contributed by atoms with Crippen LogP contribution >= 0.6 is 0 Å². The van der Waals surface area contributed by atoms with Gasteiger partial charge in [-0.05, 0) is 57.1 Å². The number of nitrogens with one attached hydrogen (secondary N) is 1. The number of amides is 2. The van der Waals surface area contributed by atoms with Crippen molar-refractivity contribution < 1.29 is 29.1 Å². The van der Waals surface area contributed by atoms with Gasteiger partial charge in [0.1, 0.15) is 18.2 Å². The molecule has 1 aromatic carbocycles. The van der Waals surface area contributed by atoms with Crippen LogP contribution in [0, 0.1) is 30.1 Å². The standard InChI is InChI=1S/C27H37BN4O6/c1-18-4-6-19(7-5-18)12-24(28(35)36)30-26(34)38-17-23-22-13-20(22)16-32(23)25(33)21(15-29)14-27(2,3)31-8-10-37-11-9-31/h4-7,14,20,22-24,35-36H,8-13,16-17H2,1-3H3,(H,30,34)/b21-14+/t20-,22-,23-,24-/m0/s1. The number of morpholine rings is 1. The largest absolute Gasteiger partial charge is 0.475 e. The average Bonchev–Trinajstić information content (AvgIpc) is 3.58. The number of ether oxygens (including phenoxy) is 2. The molecule has 0 bridgehead atoms. The molecule has 0 spiro atoms. The minimum absolute atomic E-state index is 0.0247. The van der Waals surface area contributed by atoms with Crippen molar-refractivity contribution in [2.45, 2.75) is 51.1 Å². The van der Waals surface area contributed by atoms with E-state index >= 15 is 0 Å². The molecule has 0 unspecified atom stereocenters. The Balaban J connectivity index is 1.36. The molecule has 1 saturated carbocycles. The lowest BCUT2D eigenvalue weighted by Gasteiger charge is -2.39. The average molecular weight is 524 g/mol. The number of fused-ring (bicyclic) bond motifs is 1. The van der Waals surface area contributed by atoms with Gasteiger partial charge >= 0.3 is 13.2 Å². The van der Waals surface area contributed by atoms with Crippen LogP contribution in [-0.4, -0.2) is 95.9 Å². The van der Waals surface area contributed by atoms with Crippen LogP contribution in [0.15, 0.2) is 35.9 Å². The van der Waals surface area contributed by atoms with Gasteiger partial charge in [0, 0.05) is 25.2 Å². The first-order valence-corrected chi connectivity index (χ1v) is 13.2. The van der Waals surface area contributed by atoms with E-state index in [0.29, 0.717) is 25.7 Å². The summed E-state index contributed by atoms with van der Waals surface area (Å²) in [7, 11) is -1.76. The van der Waals surface area contributed by atoms with Gasteiger partial charge in [-0.25, -0.2) is 4.79 Å². The number of alkyl carbamates (subject to hydrolysis) is 1. The smallest absolute Gasteiger partial charge is 0.447 e. The second-order valence-corrected chi connectivity index (χ2v) is 11.1. The summed E-state index contributed by atoms with van der Waals surface area (Å²) in [6.07, 6.45) is 2.13. The van der Waals surface area contributed by atoms with Crippen molar-refractivity contribution >= 4 is 19.1 Å². The van der Waals surface area contributed by atoms with Gasteiger partial charge in [0.2, 0.25) is 0 Å². The van der Waals surface area contributed by atoms with Gasteiger partial charge in [-0.2, -0.15) is 5.26 Å². The zero-order valence-electron chi connectivity index (χ0n) is 22.3. The van der Waals surface area contributed by atoms with Gasteiger partial charge in [0.15, 0.2) is 0 Å². The third-order valence-corrected chi connectivity index (χ3v) is 7.86. The van der Waals surface area contributed by atoms with Crippen LogP contribution in [0.2, 0.25) is 0 Å². The second kappa shape index (κ2) is 11.9. The molecule has 1 aliphatic carbocycles. The monoisotopic (exact) mass is 524 g/mol. The minimum Gasteiger partial charge on any atom is -0.447 e. The number of hydrogen-bond donors (Lipinski definition) is 3. The van der Waals surface area contributed by atoms with E-state index in [9.17, 15) is 24.9 Å². The van der Waals surface area contributed by atoms with Crippen LogP contribution in [0.1, 0.15) is 31.4 Å². The molecule has 0 radical (unpaired) electrons. The fourth-order valence-electron chi connectivity index (χ4n) is 5.46. The number of carbonyl (C=O) groups excluding carboxylic acids is 2. The molecule has 38 heavy (non-hydrogen) atoms. The predicted octanol–water partition coefficient (Wildman–Crippen LogP) is 1.05. The highest BCUT2D eigenvalue weighted by Gasteiger charge is 2.54. The zero-order valence-corrected chi connectivity index (χ0v) is 22.3. The first-order valence-electron chi connectivity index (χ1n) is 13.2. The van der Waals surface area contributed by atoms with Gasteiger partial charge in [0.25, 0.3) is 5.91 Å². The van der Waals surface area contributed by atoms with E-state index in [1.807, 2.05) is 45.0 Å². The molecule has 4 atom stereocenters. The summed E-state index contributed by atoms with van der Waals surface area (Å²) in [5, 5.41) is 31.9. The lowest BCUT2D eigenvalue weighted by atomic mass is 9.76. The highest BCUT2D eigenvalue weighted by Crippen LogP contribution is 2.50. The third-order valence-electron chi connectivity index (χ3n) is 7.86. The van der Waals surface area contributed by atoms with Crippen LogP contribution in [0.4, 0.5) is 4.79 Å². The number of hydrogen-bond acceptors (Lipinski definition) is 8. The molecule has 204 valence electrons. The number of rotatable bonds is 9.